The Morgan fingerprint density at radius 1 is 1.65 bits per heavy atom. The van der Waals surface area contributed by atoms with Gasteiger partial charge in [-0.1, -0.05) is 0 Å². The number of ether oxygens (including phenoxy) is 1. The molecule has 0 aliphatic carbocycles. The van der Waals surface area contributed by atoms with Crippen LogP contribution in [0.2, 0.25) is 0 Å². The van der Waals surface area contributed by atoms with Crippen LogP contribution in [0.15, 0.2) is 6.20 Å². The highest BCUT2D eigenvalue weighted by Crippen LogP contribution is 2.26. The highest BCUT2D eigenvalue weighted by molar-refractivity contribution is 5.74. The Labute approximate surface area is 96.8 Å². The van der Waals surface area contributed by atoms with E-state index < -0.39 is 18.0 Å². The largest absolute Gasteiger partial charge is 0.469 e. The first kappa shape index (κ1) is 13.0. The number of halogens is 2. The van der Waals surface area contributed by atoms with Gasteiger partial charge in [0.15, 0.2) is 0 Å². The molecule has 0 aliphatic heterocycles. The van der Waals surface area contributed by atoms with Crippen molar-refractivity contribution < 1.29 is 18.3 Å². The average Bonchev–Trinajstić information content (AvgIpc) is 2.28. The van der Waals surface area contributed by atoms with E-state index in [9.17, 15) is 13.6 Å². The van der Waals surface area contributed by atoms with E-state index in [0.717, 1.165) is 13.3 Å². The molecule has 0 unspecified atom stereocenters. The van der Waals surface area contributed by atoms with Crippen LogP contribution >= 0.6 is 0 Å². The first-order valence-electron chi connectivity index (χ1n) is 4.74. The third-order valence-electron chi connectivity index (χ3n) is 2.31. The summed E-state index contributed by atoms with van der Waals surface area (Å²) in [7, 11) is 1.16. The molecule has 4 nitrogen and oxygen atoms in total. The second-order valence-electron chi connectivity index (χ2n) is 3.32. The Bertz CT molecular complexity index is 481. The third-order valence-corrected chi connectivity index (χ3v) is 2.31. The van der Waals surface area contributed by atoms with E-state index in [1.165, 1.54) is 6.92 Å². The molecular weight excluding hydrogens is 230 g/mol. The molecule has 6 heteroatoms. The average molecular weight is 240 g/mol. The molecular formula is C11H10F2N2O2. The maximum absolute atomic E-state index is 12.7. The Balaban J connectivity index is 3.35. The minimum Gasteiger partial charge on any atom is -0.469 e. The molecule has 0 bridgehead atoms. The fourth-order valence-corrected chi connectivity index (χ4v) is 1.41. The molecule has 0 amide bonds. The minimum absolute atomic E-state index is 0.00759. The van der Waals surface area contributed by atoms with Gasteiger partial charge in [-0.2, -0.15) is 5.26 Å². The molecule has 90 valence electrons. The lowest BCUT2D eigenvalue weighted by Crippen LogP contribution is -2.11. The summed E-state index contributed by atoms with van der Waals surface area (Å²) in [4.78, 5) is 14.8. The van der Waals surface area contributed by atoms with Gasteiger partial charge in [0.1, 0.15) is 6.07 Å². The van der Waals surface area contributed by atoms with Crippen molar-refractivity contribution in [3.63, 3.8) is 0 Å². The van der Waals surface area contributed by atoms with Gasteiger partial charge in [0.2, 0.25) is 0 Å². The molecule has 1 heterocycles. The van der Waals surface area contributed by atoms with Crippen molar-refractivity contribution >= 4 is 5.97 Å². The van der Waals surface area contributed by atoms with E-state index in [0.29, 0.717) is 5.69 Å². The van der Waals surface area contributed by atoms with E-state index in [2.05, 4.69) is 9.72 Å². The SMILES string of the molecule is COC(=O)Cc1c(C(F)F)cnc(C)c1C#N. The third kappa shape index (κ3) is 2.75. The highest BCUT2D eigenvalue weighted by Gasteiger charge is 2.21. The summed E-state index contributed by atoms with van der Waals surface area (Å²) < 4.78 is 29.9. The maximum atomic E-state index is 12.7. The van der Waals surface area contributed by atoms with Gasteiger partial charge in [-0.3, -0.25) is 9.78 Å². The number of nitrogens with zero attached hydrogens (tertiary/aromatic N) is 2. The second kappa shape index (κ2) is 5.34. The molecule has 0 saturated carbocycles. The van der Waals surface area contributed by atoms with E-state index in [1.807, 2.05) is 0 Å². The summed E-state index contributed by atoms with van der Waals surface area (Å²) >= 11 is 0. The number of aromatic nitrogens is 1. The summed E-state index contributed by atoms with van der Waals surface area (Å²) in [5, 5.41) is 8.90. The number of nitriles is 1. The molecule has 1 aromatic rings. The molecule has 0 N–H and O–H groups in total. The number of alkyl halides is 2. The molecule has 0 radical (unpaired) electrons. The number of rotatable bonds is 3. The molecule has 0 aromatic carbocycles. The topological polar surface area (TPSA) is 63.0 Å². The number of aryl methyl sites for hydroxylation is 1. The number of hydrogen-bond donors (Lipinski definition) is 0. The number of carbonyl (C=O) groups is 1. The minimum atomic E-state index is -2.78. The van der Waals surface area contributed by atoms with Crippen LogP contribution in [0.25, 0.3) is 0 Å². The zero-order valence-corrected chi connectivity index (χ0v) is 9.33. The summed E-state index contributed by atoms with van der Waals surface area (Å²) in [5.41, 5.74) is -0.0941. The Hall–Kier alpha value is -2.03. The molecule has 0 saturated heterocycles. The monoisotopic (exact) mass is 240 g/mol. The van der Waals surface area contributed by atoms with Crippen LogP contribution in [0.4, 0.5) is 8.78 Å². The fourth-order valence-electron chi connectivity index (χ4n) is 1.41. The zero-order chi connectivity index (χ0) is 13.0. The first-order chi connectivity index (χ1) is 8.01. The van der Waals surface area contributed by atoms with Gasteiger partial charge < -0.3 is 4.74 Å². The quantitative estimate of drug-likeness (QED) is 0.757. The van der Waals surface area contributed by atoms with Crippen molar-refractivity contribution in [2.24, 2.45) is 0 Å². The van der Waals surface area contributed by atoms with Crippen LogP contribution in [0.1, 0.15) is 28.8 Å². The van der Waals surface area contributed by atoms with E-state index in [1.54, 1.807) is 6.07 Å². The van der Waals surface area contributed by atoms with E-state index >= 15 is 0 Å². The molecule has 0 spiro atoms. The lowest BCUT2D eigenvalue weighted by Gasteiger charge is -2.10. The standard InChI is InChI=1S/C11H10F2N2O2/c1-6-8(4-14)7(3-10(16)17-2)9(5-15-6)11(12)13/h5,11H,3H2,1-2H3. The summed E-state index contributed by atoms with van der Waals surface area (Å²) in [6.45, 7) is 1.52. The smallest absolute Gasteiger partial charge is 0.310 e. The van der Waals surface area contributed by atoms with Crippen molar-refractivity contribution in [2.45, 2.75) is 19.8 Å². The molecule has 0 aliphatic rings. The lowest BCUT2D eigenvalue weighted by atomic mass is 9.99. The maximum Gasteiger partial charge on any atom is 0.310 e. The van der Waals surface area contributed by atoms with E-state index in [-0.39, 0.29) is 17.5 Å². The van der Waals surface area contributed by atoms with Gasteiger partial charge in [0.05, 0.1) is 24.8 Å². The number of pyridine rings is 1. The van der Waals surface area contributed by atoms with Crippen LogP contribution < -0.4 is 0 Å². The molecule has 1 aromatic heterocycles. The number of hydrogen-bond acceptors (Lipinski definition) is 4. The van der Waals surface area contributed by atoms with Crippen LogP contribution in [0.3, 0.4) is 0 Å². The second-order valence-corrected chi connectivity index (χ2v) is 3.32. The lowest BCUT2D eigenvalue weighted by molar-refractivity contribution is -0.139. The summed E-state index contributed by atoms with van der Waals surface area (Å²) in [6, 6.07) is 1.78. The summed E-state index contributed by atoms with van der Waals surface area (Å²) in [5.74, 6) is -0.672. The predicted octanol–water partition coefficient (Wildman–Crippen LogP) is 1.91. The van der Waals surface area contributed by atoms with Crippen molar-refractivity contribution in [2.75, 3.05) is 7.11 Å². The van der Waals surface area contributed by atoms with Crippen LogP contribution in [0, 0.1) is 18.3 Å². The van der Waals surface area contributed by atoms with Gasteiger partial charge in [-0.25, -0.2) is 8.78 Å². The Morgan fingerprint density at radius 3 is 2.76 bits per heavy atom. The van der Waals surface area contributed by atoms with Crippen LogP contribution in [-0.4, -0.2) is 18.1 Å². The highest BCUT2D eigenvalue weighted by atomic mass is 19.3. The Kier molecular flexibility index (Phi) is 4.10. The van der Waals surface area contributed by atoms with Crippen molar-refractivity contribution in [3.8, 4) is 6.07 Å². The molecule has 17 heavy (non-hydrogen) atoms. The molecule has 1 rings (SSSR count). The van der Waals surface area contributed by atoms with Crippen molar-refractivity contribution in [1.82, 2.24) is 4.98 Å². The van der Waals surface area contributed by atoms with Crippen LogP contribution in [0.5, 0.6) is 0 Å². The van der Waals surface area contributed by atoms with Gasteiger partial charge in [0, 0.05) is 11.8 Å². The summed E-state index contributed by atoms with van der Waals surface area (Å²) in [6.07, 6.45) is -2.16. The van der Waals surface area contributed by atoms with Gasteiger partial charge >= 0.3 is 5.97 Å². The van der Waals surface area contributed by atoms with Crippen molar-refractivity contribution in [1.29, 1.82) is 5.26 Å². The number of methoxy groups -OCH3 is 1. The predicted molar refractivity (Wildman–Crippen MR) is 54.4 cm³/mol. The van der Waals surface area contributed by atoms with Gasteiger partial charge in [0.25, 0.3) is 6.43 Å². The normalized spacial score (nSPS) is 10.1. The van der Waals surface area contributed by atoms with Crippen LogP contribution in [-0.2, 0) is 16.0 Å². The number of carbonyl (C=O) groups excluding carboxylic acids is 1. The van der Waals surface area contributed by atoms with Gasteiger partial charge in [-0.05, 0) is 12.5 Å². The Morgan fingerprint density at radius 2 is 2.29 bits per heavy atom. The van der Waals surface area contributed by atoms with Gasteiger partial charge in [-0.15, -0.1) is 0 Å². The van der Waals surface area contributed by atoms with Crippen molar-refractivity contribution in [3.05, 3.63) is 28.6 Å². The zero-order valence-electron chi connectivity index (χ0n) is 9.33. The molecule has 0 fully saturated rings. The van der Waals surface area contributed by atoms with E-state index in [4.69, 9.17) is 5.26 Å². The first-order valence-corrected chi connectivity index (χ1v) is 4.74. The fraction of sp³-hybridized carbons (Fsp3) is 0.364. The molecule has 0 atom stereocenters. The number of esters is 1.